The first-order chi connectivity index (χ1) is 18.3. The monoisotopic (exact) mass is 504 g/mol. The van der Waals surface area contributed by atoms with Crippen molar-refractivity contribution in [2.45, 2.75) is 18.6 Å². The maximum Gasteiger partial charge on any atom is 0.237 e. The summed E-state index contributed by atoms with van der Waals surface area (Å²) < 4.78 is 15.1. The number of aromatic nitrogens is 3. The van der Waals surface area contributed by atoms with Gasteiger partial charge in [0.25, 0.3) is 0 Å². The van der Waals surface area contributed by atoms with Crippen LogP contribution in [0.5, 0.6) is 5.88 Å². The molecule has 0 bridgehead atoms. The molecule has 2 atom stereocenters. The Labute approximate surface area is 219 Å². The Bertz CT molecular complexity index is 1560. The average molecular weight is 505 g/mol. The standard InChI is InChI=1S/C29H24N6OS/c30-16-20-8-6-19(7-9-20)12-13-31-28(21-4-2-1-3-5-21)27-18-32-26-15-23(17-33-29(26)36-27)22-10-11-24-25(14-22)35-37-34-24/h1-11,14-15,17,27-28,31-32H,12-13,18H2/t27-,28+/m0/s1. The van der Waals surface area contributed by atoms with Crippen molar-refractivity contribution in [1.82, 2.24) is 19.0 Å². The molecule has 37 heavy (non-hydrogen) atoms. The molecule has 0 spiro atoms. The van der Waals surface area contributed by atoms with E-state index in [2.05, 4.69) is 48.6 Å². The van der Waals surface area contributed by atoms with E-state index < -0.39 is 0 Å². The fraction of sp³-hybridized carbons (Fsp3) is 0.172. The molecule has 3 aromatic carbocycles. The van der Waals surface area contributed by atoms with Gasteiger partial charge < -0.3 is 15.4 Å². The van der Waals surface area contributed by atoms with Crippen LogP contribution in [0.2, 0.25) is 0 Å². The highest BCUT2D eigenvalue weighted by atomic mass is 32.1. The lowest BCUT2D eigenvalue weighted by molar-refractivity contribution is 0.150. The van der Waals surface area contributed by atoms with Gasteiger partial charge in [-0.05, 0) is 60.0 Å². The fourth-order valence-electron chi connectivity index (χ4n) is 4.62. The van der Waals surface area contributed by atoms with Crippen LogP contribution in [0.3, 0.4) is 0 Å². The molecule has 0 saturated heterocycles. The largest absolute Gasteiger partial charge is 0.469 e. The number of rotatable bonds is 7. The number of ether oxygens (including phenoxy) is 1. The molecule has 182 valence electrons. The van der Waals surface area contributed by atoms with Crippen molar-refractivity contribution in [1.29, 1.82) is 5.26 Å². The SMILES string of the molecule is N#Cc1ccc(CCN[C@H](c2ccccc2)[C@@H]2CNc3cc(-c4ccc5nsnc5c4)cnc3O2)cc1. The molecule has 6 rings (SSSR count). The molecule has 7 nitrogen and oxygen atoms in total. The molecule has 0 saturated carbocycles. The number of anilines is 1. The molecular formula is C29H24N6OS. The quantitative estimate of drug-likeness (QED) is 0.308. The van der Waals surface area contributed by atoms with Gasteiger partial charge in [-0.3, -0.25) is 0 Å². The highest BCUT2D eigenvalue weighted by molar-refractivity contribution is 7.00. The predicted molar refractivity (Wildman–Crippen MR) is 146 cm³/mol. The molecule has 0 radical (unpaired) electrons. The first-order valence-electron chi connectivity index (χ1n) is 12.2. The van der Waals surface area contributed by atoms with E-state index in [9.17, 15) is 0 Å². The van der Waals surface area contributed by atoms with Crippen molar-refractivity contribution in [2.24, 2.45) is 0 Å². The van der Waals surface area contributed by atoms with Crippen molar-refractivity contribution in [3.8, 4) is 23.1 Å². The van der Waals surface area contributed by atoms with Gasteiger partial charge in [0.1, 0.15) is 17.1 Å². The Morgan fingerprint density at radius 3 is 2.68 bits per heavy atom. The smallest absolute Gasteiger partial charge is 0.237 e. The molecule has 2 N–H and O–H groups in total. The van der Waals surface area contributed by atoms with E-state index in [0.29, 0.717) is 18.0 Å². The lowest BCUT2D eigenvalue weighted by atomic mass is 9.99. The first kappa shape index (κ1) is 23.1. The molecule has 8 heteroatoms. The van der Waals surface area contributed by atoms with Gasteiger partial charge in [0, 0.05) is 11.8 Å². The zero-order valence-electron chi connectivity index (χ0n) is 20.0. The van der Waals surface area contributed by atoms with E-state index in [0.717, 1.165) is 40.8 Å². The third-order valence-corrected chi connectivity index (χ3v) is 7.14. The summed E-state index contributed by atoms with van der Waals surface area (Å²) in [5, 5.41) is 16.3. The lowest BCUT2D eigenvalue weighted by Crippen LogP contribution is -2.43. The second-order valence-corrected chi connectivity index (χ2v) is 9.51. The maximum absolute atomic E-state index is 9.03. The summed E-state index contributed by atoms with van der Waals surface area (Å²) in [6.07, 6.45) is 2.57. The molecular weight excluding hydrogens is 480 g/mol. The van der Waals surface area contributed by atoms with Crippen molar-refractivity contribution in [3.05, 3.63) is 102 Å². The second kappa shape index (κ2) is 10.3. The number of nitriles is 1. The summed E-state index contributed by atoms with van der Waals surface area (Å²) in [6, 6.07) is 28.4. The van der Waals surface area contributed by atoms with Gasteiger partial charge in [0.05, 0.1) is 41.6 Å². The van der Waals surface area contributed by atoms with Crippen LogP contribution in [0.25, 0.3) is 22.2 Å². The van der Waals surface area contributed by atoms with Gasteiger partial charge in [-0.25, -0.2) is 4.98 Å². The molecule has 1 aliphatic rings. The first-order valence-corrected chi connectivity index (χ1v) is 12.9. The van der Waals surface area contributed by atoms with Crippen molar-refractivity contribution in [2.75, 3.05) is 18.4 Å². The number of hydrogen-bond acceptors (Lipinski definition) is 8. The highest BCUT2D eigenvalue weighted by Crippen LogP contribution is 2.34. The zero-order valence-corrected chi connectivity index (χ0v) is 20.8. The molecule has 2 aromatic heterocycles. The van der Waals surface area contributed by atoms with Gasteiger partial charge in [-0.15, -0.1) is 0 Å². The Morgan fingerprint density at radius 1 is 1.00 bits per heavy atom. The average Bonchev–Trinajstić information content (AvgIpc) is 3.44. The minimum absolute atomic E-state index is 0.0127. The number of nitrogens with one attached hydrogen (secondary N) is 2. The lowest BCUT2D eigenvalue weighted by Gasteiger charge is -2.33. The molecule has 5 aromatic rings. The summed E-state index contributed by atoms with van der Waals surface area (Å²) in [6.45, 7) is 1.43. The number of benzene rings is 3. The summed E-state index contributed by atoms with van der Waals surface area (Å²) in [4.78, 5) is 4.66. The fourth-order valence-corrected chi connectivity index (χ4v) is 5.13. The summed E-state index contributed by atoms with van der Waals surface area (Å²) in [5.41, 5.74) is 7.76. The van der Waals surface area contributed by atoms with E-state index in [1.165, 1.54) is 22.9 Å². The third kappa shape index (κ3) is 5.00. The summed E-state index contributed by atoms with van der Waals surface area (Å²) >= 11 is 1.22. The normalized spacial score (nSPS) is 15.3. The minimum Gasteiger partial charge on any atom is -0.469 e. The molecule has 0 aliphatic carbocycles. The molecule has 0 unspecified atom stereocenters. The second-order valence-electron chi connectivity index (χ2n) is 8.98. The Balaban J connectivity index is 1.18. The Kier molecular flexibility index (Phi) is 6.46. The topological polar surface area (TPSA) is 95.8 Å². The number of nitrogens with zero attached hydrogens (tertiary/aromatic N) is 4. The Hall–Kier alpha value is -4.32. The third-order valence-electron chi connectivity index (χ3n) is 6.59. The van der Waals surface area contributed by atoms with Crippen LogP contribution in [0.4, 0.5) is 5.69 Å². The zero-order chi connectivity index (χ0) is 25.0. The number of fused-ring (bicyclic) bond motifs is 2. The number of hydrogen-bond donors (Lipinski definition) is 2. The molecule has 0 fully saturated rings. The van der Waals surface area contributed by atoms with Crippen molar-refractivity contribution >= 4 is 28.4 Å². The highest BCUT2D eigenvalue weighted by Gasteiger charge is 2.29. The van der Waals surface area contributed by atoms with Gasteiger partial charge in [-0.1, -0.05) is 48.5 Å². The van der Waals surface area contributed by atoms with Crippen LogP contribution in [0.15, 0.2) is 85.1 Å². The van der Waals surface area contributed by atoms with E-state index >= 15 is 0 Å². The van der Waals surface area contributed by atoms with Crippen molar-refractivity contribution < 1.29 is 4.74 Å². The maximum atomic E-state index is 9.03. The Morgan fingerprint density at radius 2 is 1.84 bits per heavy atom. The van der Waals surface area contributed by atoms with Crippen LogP contribution in [-0.2, 0) is 6.42 Å². The van der Waals surface area contributed by atoms with Crippen molar-refractivity contribution in [3.63, 3.8) is 0 Å². The van der Waals surface area contributed by atoms with Crippen LogP contribution in [-0.4, -0.2) is 32.9 Å². The minimum atomic E-state index is -0.133. The summed E-state index contributed by atoms with van der Waals surface area (Å²) in [5.74, 6) is 0.603. The summed E-state index contributed by atoms with van der Waals surface area (Å²) in [7, 11) is 0. The van der Waals surface area contributed by atoms with Crippen LogP contribution >= 0.6 is 11.7 Å². The van der Waals surface area contributed by atoms with Gasteiger partial charge in [-0.2, -0.15) is 14.0 Å². The van der Waals surface area contributed by atoms with Gasteiger partial charge in [0.2, 0.25) is 5.88 Å². The van der Waals surface area contributed by atoms with Crippen LogP contribution in [0, 0.1) is 11.3 Å². The number of pyridine rings is 1. The predicted octanol–water partition coefficient (Wildman–Crippen LogP) is 5.37. The van der Waals surface area contributed by atoms with E-state index in [-0.39, 0.29) is 12.1 Å². The van der Waals surface area contributed by atoms with E-state index in [4.69, 9.17) is 10.00 Å². The van der Waals surface area contributed by atoms with Crippen LogP contribution in [0.1, 0.15) is 22.7 Å². The van der Waals surface area contributed by atoms with E-state index in [1.807, 2.05) is 66.9 Å². The van der Waals surface area contributed by atoms with Crippen LogP contribution < -0.4 is 15.4 Å². The molecule has 3 heterocycles. The van der Waals surface area contributed by atoms with E-state index in [1.54, 1.807) is 0 Å². The van der Waals surface area contributed by atoms with Gasteiger partial charge in [0.15, 0.2) is 0 Å². The molecule has 1 aliphatic heterocycles. The molecule has 0 amide bonds. The van der Waals surface area contributed by atoms with Gasteiger partial charge >= 0.3 is 0 Å².